The first kappa shape index (κ1) is 23.1. The predicted octanol–water partition coefficient (Wildman–Crippen LogP) is 7.49. The van der Waals surface area contributed by atoms with Gasteiger partial charge in [-0.05, 0) is 96.1 Å². The lowest BCUT2D eigenvalue weighted by molar-refractivity contribution is -0.286. The summed E-state index contributed by atoms with van der Waals surface area (Å²) in [5.74, 6) is 0.871. The summed E-state index contributed by atoms with van der Waals surface area (Å²) in [6.45, 7) is 0.403. The van der Waals surface area contributed by atoms with Gasteiger partial charge in [-0.1, -0.05) is 17.7 Å². The van der Waals surface area contributed by atoms with E-state index in [9.17, 15) is 13.2 Å². The number of benzene rings is 4. The molecule has 0 radical (unpaired) electrons. The number of rotatable bonds is 5. The normalized spacial score (nSPS) is 15.6. The first-order chi connectivity index (χ1) is 17.8. The van der Waals surface area contributed by atoms with E-state index in [0.717, 1.165) is 16.8 Å². The highest BCUT2D eigenvalue weighted by molar-refractivity contribution is 6.30. The smallest absolute Gasteiger partial charge is 0.457 e. The maximum absolute atomic E-state index is 13.6. The third-order valence-electron chi connectivity index (χ3n) is 5.95. The van der Waals surface area contributed by atoms with Gasteiger partial charge in [0.25, 0.3) is 0 Å². The quantitative estimate of drug-likeness (QED) is 0.294. The second-order valence-corrected chi connectivity index (χ2v) is 8.87. The molecule has 0 saturated heterocycles. The lowest BCUT2D eigenvalue weighted by atomic mass is 10.00. The number of fused-ring (bicyclic) bond motifs is 1. The number of alkyl halides is 2. The molecule has 37 heavy (non-hydrogen) atoms. The van der Waals surface area contributed by atoms with E-state index in [2.05, 4.69) is 14.9 Å². The molecule has 0 aromatic heterocycles. The van der Waals surface area contributed by atoms with Crippen molar-refractivity contribution in [2.45, 2.75) is 6.29 Å². The molecule has 0 aliphatic carbocycles. The van der Waals surface area contributed by atoms with Gasteiger partial charge in [-0.25, -0.2) is 4.39 Å². The number of nitrogens with one attached hydrogen (secondary N) is 1. The van der Waals surface area contributed by atoms with Crippen molar-refractivity contribution in [2.24, 2.45) is 0 Å². The number of hydrogen-bond acceptors (Lipinski definition) is 5. The minimum absolute atomic E-state index is 0.0308. The van der Waals surface area contributed by atoms with Crippen LogP contribution in [0, 0.1) is 5.82 Å². The molecule has 0 saturated carbocycles. The van der Waals surface area contributed by atoms with Gasteiger partial charge in [0, 0.05) is 10.6 Å². The monoisotopic (exact) mass is 522 g/mol. The van der Waals surface area contributed by atoms with Gasteiger partial charge in [0.05, 0.1) is 17.9 Å². The summed E-state index contributed by atoms with van der Waals surface area (Å²) in [4.78, 5) is 0. The first-order valence-corrected chi connectivity index (χ1v) is 11.7. The minimum atomic E-state index is -3.70. The minimum Gasteiger partial charge on any atom is -0.457 e. The third-order valence-corrected chi connectivity index (χ3v) is 6.20. The van der Waals surface area contributed by atoms with Crippen molar-refractivity contribution in [1.82, 2.24) is 5.43 Å². The molecule has 6 rings (SSSR count). The molecule has 1 N–H and O–H groups in total. The van der Waals surface area contributed by atoms with Gasteiger partial charge < -0.3 is 14.2 Å². The number of hydrogen-bond donors (Lipinski definition) is 1. The molecule has 0 amide bonds. The fourth-order valence-corrected chi connectivity index (χ4v) is 4.32. The van der Waals surface area contributed by atoms with Crippen LogP contribution in [0.25, 0.3) is 11.3 Å². The van der Waals surface area contributed by atoms with E-state index < -0.39 is 6.29 Å². The van der Waals surface area contributed by atoms with Crippen LogP contribution >= 0.6 is 11.6 Å². The van der Waals surface area contributed by atoms with Crippen LogP contribution in [0.15, 0.2) is 91.0 Å². The molecule has 4 aromatic rings. The molecule has 186 valence electrons. The molecule has 2 aliphatic rings. The van der Waals surface area contributed by atoms with Crippen molar-refractivity contribution in [1.29, 1.82) is 0 Å². The maximum atomic E-state index is 13.6. The van der Waals surface area contributed by atoms with Gasteiger partial charge in [-0.2, -0.15) is 0 Å². The summed E-state index contributed by atoms with van der Waals surface area (Å²) in [6, 6.07) is 25.2. The number of hydrazine groups is 1. The van der Waals surface area contributed by atoms with E-state index >= 15 is 0 Å². The summed E-state index contributed by atoms with van der Waals surface area (Å²) >= 11 is 5.93. The lowest BCUT2D eigenvalue weighted by Crippen LogP contribution is -2.31. The molecule has 0 atom stereocenters. The average Bonchev–Trinajstić information content (AvgIpc) is 3.46. The maximum Gasteiger partial charge on any atom is 0.586 e. The zero-order valence-electron chi connectivity index (χ0n) is 19.1. The largest absolute Gasteiger partial charge is 0.586 e. The highest BCUT2D eigenvalue weighted by Crippen LogP contribution is 2.43. The van der Waals surface area contributed by atoms with Crippen LogP contribution in [0.1, 0.15) is 11.1 Å². The summed E-state index contributed by atoms with van der Waals surface area (Å²) in [7, 11) is 0. The molecule has 5 nitrogen and oxygen atoms in total. The van der Waals surface area contributed by atoms with Gasteiger partial charge in [-0.15, -0.1) is 8.78 Å². The van der Waals surface area contributed by atoms with Crippen LogP contribution in [-0.4, -0.2) is 12.8 Å². The predicted molar refractivity (Wildman–Crippen MR) is 134 cm³/mol. The number of anilines is 1. The van der Waals surface area contributed by atoms with Crippen molar-refractivity contribution >= 4 is 28.6 Å². The topological polar surface area (TPSA) is 43.0 Å². The highest BCUT2D eigenvalue weighted by atomic mass is 35.5. The Balaban J connectivity index is 1.29. The number of nitrogens with zero attached hydrogens (tertiary/aromatic N) is 1. The van der Waals surface area contributed by atoms with E-state index in [4.69, 9.17) is 16.3 Å². The van der Waals surface area contributed by atoms with Crippen molar-refractivity contribution < 1.29 is 27.4 Å². The standard InChI is InChI=1S/C28H18ClF3N2O3/c29-19-4-10-22(11-5-19)35-23-12-8-21(9-13-23)34-16-24(27(33-34)17-1-6-20(30)7-2-17)18-3-14-25-26(15-18)37-28(31,32)36-25/h1-15,33H,16H2. The van der Waals surface area contributed by atoms with Crippen LogP contribution in [0.2, 0.25) is 5.02 Å². The molecular weight excluding hydrogens is 505 g/mol. The zero-order chi connectivity index (χ0) is 25.6. The Morgan fingerprint density at radius 3 is 2.11 bits per heavy atom. The molecule has 2 heterocycles. The second kappa shape index (κ2) is 8.97. The van der Waals surface area contributed by atoms with E-state index in [1.807, 2.05) is 29.3 Å². The Kier molecular flexibility index (Phi) is 5.61. The zero-order valence-corrected chi connectivity index (χ0v) is 19.8. The van der Waals surface area contributed by atoms with E-state index in [1.165, 1.54) is 24.3 Å². The van der Waals surface area contributed by atoms with Crippen molar-refractivity contribution in [2.75, 3.05) is 11.6 Å². The molecule has 4 aromatic carbocycles. The average molecular weight is 523 g/mol. The van der Waals surface area contributed by atoms with E-state index in [-0.39, 0.29) is 17.3 Å². The fraction of sp³-hybridized carbons (Fsp3) is 0.0714. The molecular formula is C28H18ClF3N2O3. The van der Waals surface area contributed by atoms with Crippen LogP contribution in [0.3, 0.4) is 0 Å². The summed E-state index contributed by atoms with van der Waals surface area (Å²) in [5.41, 5.74) is 7.14. The third kappa shape index (κ3) is 4.75. The Labute approximate surface area is 215 Å². The van der Waals surface area contributed by atoms with Gasteiger partial charge >= 0.3 is 6.29 Å². The van der Waals surface area contributed by atoms with Crippen LogP contribution in [0.5, 0.6) is 23.0 Å². The first-order valence-electron chi connectivity index (χ1n) is 11.3. The fourth-order valence-electron chi connectivity index (χ4n) is 4.20. The van der Waals surface area contributed by atoms with Crippen LogP contribution in [-0.2, 0) is 0 Å². The molecule has 9 heteroatoms. The van der Waals surface area contributed by atoms with Crippen molar-refractivity contribution in [3.8, 4) is 23.0 Å². The summed E-state index contributed by atoms with van der Waals surface area (Å²) in [6.07, 6.45) is -3.70. The van der Waals surface area contributed by atoms with Crippen LogP contribution < -0.4 is 24.6 Å². The van der Waals surface area contributed by atoms with Gasteiger partial charge in [-0.3, -0.25) is 10.4 Å². The second-order valence-electron chi connectivity index (χ2n) is 8.44. The number of halogens is 4. The highest BCUT2D eigenvalue weighted by Gasteiger charge is 2.43. The van der Waals surface area contributed by atoms with Crippen LogP contribution in [0.4, 0.5) is 18.9 Å². The Morgan fingerprint density at radius 1 is 0.784 bits per heavy atom. The molecule has 0 spiro atoms. The van der Waals surface area contributed by atoms with Gasteiger partial charge in [0.2, 0.25) is 0 Å². The SMILES string of the molecule is Fc1ccc(C2=C(c3ccc4c(c3)OC(F)(F)O4)CN(c3ccc(Oc4ccc(Cl)cc4)cc3)N2)cc1. The molecule has 0 fully saturated rings. The van der Waals surface area contributed by atoms with E-state index in [1.54, 1.807) is 42.5 Å². The molecule has 0 unspecified atom stereocenters. The van der Waals surface area contributed by atoms with Crippen molar-refractivity contribution in [3.63, 3.8) is 0 Å². The Morgan fingerprint density at radius 2 is 1.41 bits per heavy atom. The molecule has 2 aliphatic heterocycles. The van der Waals surface area contributed by atoms with Gasteiger partial charge in [0.1, 0.15) is 17.3 Å². The van der Waals surface area contributed by atoms with Crippen molar-refractivity contribution in [3.05, 3.63) is 113 Å². The Hall–Kier alpha value is -4.30. The van der Waals surface area contributed by atoms with E-state index in [0.29, 0.717) is 34.3 Å². The molecule has 0 bridgehead atoms. The van der Waals surface area contributed by atoms with Gasteiger partial charge in [0.15, 0.2) is 11.5 Å². The number of ether oxygens (including phenoxy) is 3. The summed E-state index contributed by atoms with van der Waals surface area (Å²) < 4.78 is 55.8. The summed E-state index contributed by atoms with van der Waals surface area (Å²) in [5, 5.41) is 2.53. The Bertz CT molecular complexity index is 1490. The lowest BCUT2D eigenvalue weighted by Gasteiger charge is -2.21.